The predicted octanol–water partition coefficient (Wildman–Crippen LogP) is 1.76. The van der Waals surface area contributed by atoms with Crippen LogP contribution in [0, 0.1) is 0 Å². The zero-order valence-electron chi connectivity index (χ0n) is 16.1. The van der Waals surface area contributed by atoms with Crippen LogP contribution in [-0.2, 0) is 34.1 Å². The Hall–Kier alpha value is -2.20. The molecule has 156 valence electrons. The van der Waals surface area contributed by atoms with Gasteiger partial charge in [-0.1, -0.05) is 6.07 Å². The number of rotatable bonds is 6. The Bertz CT molecular complexity index is 1040. The summed E-state index contributed by atoms with van der Waals surface area (Å²) in [6.45, 7) is 1.22. The summed E-state index contributed by atoms with van der Waals surface area (Å²) in [5.41, 5.74) is 2.69. The number of benzene rings is 1. The van der Waals surface area contributed by atoms with E-state index < -0.39 is 34.2 Å². The van der Waals surface area contributed by atoms with Gasteiger partial charge in [-0.05, 0) is 73.4 Å². The molecule has 1 heterocycles. The lowest BCUT2D eigenvalue weighted by Gasteiger charge is -2.24. The molecule has 4 N–H and O–H groups in total. The number of amides is 1. The van der Waals surface area contributed by atoms with E-state index in [1.54, 1.807) is 0 Å². The third-order valence-corrected chi connectivity index (χ3v) is 6.92. The average molecular weight is 420 g/mol. The summed E-state index contributed by atoms with van der Waals surface area (Å²) in [5.74, 6) is -0.513. The minimum Gasteiger partial charge on any atom is -0.452 e. The predicted molar refractivity (Wildman–Crippen MR) is 105 cm³/mol. The molecule has 29 heavy (non-hydrogen) atoms. The quantitative estimate of drug-likeness (QED) is 0.527. The van der Waals surface area contributed by atoms with E-state index in [2.05, 4.69) is 10.0 Å². The Morgan fingerprint density at radius 1 is 1.31 bits per heavy atom. The summed E-state index contributed by atoms with van der Waals surface area (Å²) in [4.78, 5) is 12.7. The summed E-state index contributed by atoms with van der Waals surface area (Å²) < 4.78 is 31.5. The number of nitrogens with one attached hydrogen (secondary N) is 2. The van der Waals surface area contributed by atoms with E-state index in [1.807, 2.05) is 6.07 Å². The molecule has 8 nitrogen and oxygen atoms in total. The van der Waals surface area contributed by atoms with Crippen molar-refractivity contribution in [3.63, 3.8) is 0 Å². The summed E-state index contributed by atoms with van der Waals surface area (Å²) >= 11 is 0. The van der Waals surface area contributed by atoms with Crippen LogP contribution in [0.4, 0.5) is 5.69 Å². The van der Waals surface area contributed by atoms with Crippen molar-refractivity contribution in [2.75, 3.05) is 5.32 Å². The molecule has 0 bridgehead atoms. The third kappa shape index (κ3) is 3.95. The Morgan fingerprint density at radius 2 is 2.10 bits per heavy atom. The first-order valence-electron chi connectivity index (χ1n) is 9.61. The van der Waals surface area contributed by atoms with Crippen LogP contribution in [0.25, 0.3) is 0 Å². The molecule has 0 saturated carbocycles. The molecule has 2 aliphatic carbocycles. The third-order valence-electron chi connectivity index (χ3n) is 5.45. The fraction of sp³-hybridized carbons (Fsp3) is 0.450. The lowest BCUT2D eigenvalue weighted by molar-refractivity contribution is -0.120. The van der Waals surface area contributed by atoms with Crippen LogP contribution >= 0.6 is 0 Å². The Balaban J connectivity index is 1.53. The molecule has 1 aromatic heterocycles. The van der Waals surface area contributed by atoms with Gasteiger partial charge in [0.2, 0.25) is 11.0 Å². The van der Waals surface area contributed by atoms with Gasteiger partial charge < -0.3 is 19.9 Å². The van der Waals surface area contributed by atoms with Crippen molar-refractivity contribution in [1.82, 2.24) is 4.72 Å². The molecule has 2 aliphatic rings. The van der Waals surface area contributed by atoms with Crippen molar-refractivity contribution in [3.05, 3.63) is 46.7 Å². The van der Waals surface area contributed by atoms with Crippen molar-refractivity contribution in [3.8, 4) is 0 Å². The number of hydrogen-bond acceptors (Lipinski definition) is 6. The van der Waals surface area contributed by atoms with E-state index >= 15 is 0 Å². The van der Waals surface area contributed by atoms with E-state index in [1.165, 1.54) is 25.3 Å². The molecule has 0 radical (unpaired) electrons. The Kier molecular flexibility index (Phi) is 5.02. The number of aryl methyl sites for hydroxylation is 1. The Labute approximate surface area is 169 Å². The van der Waals surface area contributed by atoms with Gasteiger partial charge in [0.05, 0.1) is 18.8 Å². The second-order valence-electron chi connectivity index (χ2n) is 7.90. The number of sulfonamides is 1. The van der Waals surface area contributed by atoms with E-state index in [-0.39, 0.29) is 5.09 Å². The van der Waals surface area contributed by atoms with Crippen molar-refractivity contribution in [2.24, 2.45) is 0 Å². The van der Waals surface area contributed by atoms with Crippen molar-refractivity contribution < 1.29 is 27.8 Å². The second kappa shape index (κ2) is 7.24. The molecule has 0 spiro atoms. The molecule has 1 amide bonds. The smallest absolute Gasteiger partial charge is 0.276 e. The highest BCUT2D eigenvalue weighted by molar-refractivity contribution is 7.89. The van der Waals surface area contributed by atoms with E-state index in [0.29, 0.717) is 18.5 Å². The summed E-state index contributed by atoms with van der Waals surface area (Å²) in [5, 5.41) is 23.3. The van der Waals surface area contributed by atoms with Gasteiger partial charge in [0.15, 0.2) is 0 Å². The van der Waals surface area contributed by atoms with Crippen molar-refractivity contribution >= 4 is 21.6 Å². The van der Waals surface area contributed by atoms with Gasteiger partial charge in [-0.2, -0.15) is 4.72 Å². The number of fused-ring (bicyclic) bond motifs is 2. The van der Waals surface area contributed by atoms with Gasteiger partial charge in [-0.25, -0.2) is 8.42 Å². The maximum atomic E-state index is 12.7. The first-order chi connectivity index (χ1) is 13.7. The van der Waals surface area contributed by atoms with E-state index in [0.717, 1.165) is 41.5 Å². The number of carbonyl (C=O) groups is 1. The van der Waals surface area contributed by atoms with Crippen LogP contribution in [0.3, 0.4) is 0 Å². The first kappa shape index (κ1) is 20.1. The molecule has 2 atom stereocenters. The number of carbonyl (C=O) groups excluding carboxylic acids is 1. The standard InChI is InChI=1S/C20H24N2O6S/c1-20(25,22-29(26,27)18-6-3-9-28-18)11-17(24)21-19-13-5-2-4-12(13)10-15-14(19)7-8-16(15)23/h3,6,9-10,16,22-23,25H,2,4-5,7-8,11H2,1H3,(H,21,24). The van der Waals surface area contributed by atoms with Crippen LogP contribution in [0.2, 0.25) is 0 Å². The zero-order chi connectivity index (χ0) is 20.8. The van der Waals surface area contributed by atoms with Gasteiger partial charge in [0, 0.05) is 5.69 Å². The molecule has 0 fully saturated rings. The van der Waals surface area contributed by atoms with Crippen molar-refractivity contribution in [2.45, 2.75) is 62.4 Å². The monoisotopic (exact) mass is 420 g/mol. The Morgan fingerprint density at radius 3 is 2.83 bits per heavy atom. The zero-order valence-corrected chi connectivity index (χ0v) is 16.9. The number of aliphatic hydroxyl groups is 2. The lowest BCUT2D eigenvalue weighted by atomic mass is 9.98. The van der Waals surface area contributed by atoms with Crippen LogP contribution < -0.4 is 10.0 Å². The fourth-order valence-electron chi connectivity index (χ4n) is 4.26. The van der Waals surface area contributed by atoms with E-state index in [9.17, 15) is 23.4 Å². The van der Waals surface area contributed by atoms with Crippen LogP contribution in [-0.4, -0.2) is 30.3 Å². The average Bonchev–Trinajstić information content (AvgIpc) is 3.34. The van der Waals surface area contributed by atoms with Crippen molar-refractivity contribution in [1.29, 1.82) is 0 Å². The SMILES string of the molecule is CC(O)(CC(=O)Nc1c2c(cc3c1CCC3O)CCC2)NS(=O)(=O)c1ccco1. The number of hydrogen-bond donors (Lipinski definition) is 4. The van der Waals surface area contributed by atoms with Gasteiger partial charge in [0.1, 0.15) is 5.72 Å². The molecule has 2 aromatic rings. The molecule has 4 rings (SSSR count). The summed E-state index contributed by atoms with van der Waals surface area (Å²) in [6.07, 6.45) is 4.21. The highest BCUT2D eigenvalue weighted by Gasteiger charge is 2.34. The van der Waals surface area contributed by atoms with Gasteiger partial charge >= 0.3 is 0 Å². The topological polar surface area (TPSA) is 129 Å². The molecule has 2 unspecified atom stereocenters. The summed E-state index contributed by atoms with van der Waals surface area (Å²) in [7, 11) is -4.10. The van der Waals surface area contributed by atoms with Crippen LogP contribution in [0.1, 0.15) is 54.5 Å². The molecule has 9 heteroatoms. The molecular formula is C20H24N2O6S. The molecule has 0 saturated heterocycles. The van der Waals surface area contributed by atoms with E-state index in [4.69, 9.17) is 4.42 Å². The minimum absolute atomic E-state index is 0.342. The molecule has 1 aromatic carbocycles. The summed E-state index contributed by atoms with van der Waals surface area (Å²) in [6, 6.07) is 4.71. The van der Waals surface area contributed by atoms with Gasteiger partial charge in [-0.3, -0.25) is 4.79 Å². The van der Waals surface area contributed by atoms with Gasteiger partial charge in [-0.15, -0.1) is 0 Å². The second-order valence-corrected chi connectivity index (χ2v) is 9.51. The first-order valence-corrected chi connectivity index (χ1v) is 11.1. The largest absolute Gasteiger partial charge is 0.452 e. The van der Waals surface area contributed by atoms with Crippen LogP contribution in [0.15, 0.2) is 34.0 Å². The maximum Gasteiger partial charge on any atom is 0.276 e. The maximum absolute atomic E-state index is 12.7. The molecule has 0 aliphatic heterocycles. The minimum atomic E-state index is -4.10. The highest BCUT2D eigenvalue weighted by Crippen LogP contribution is 2.42. The number of anilines is 1. The van der Waals surface area contributed by atoms with Crippen LogP contribution in [0.5, 0.6) is 0 Å². The molecular weight excluding hydrogens is 396 g/mol. The number of furan rings is 1. The van der Waals surface area contributed by atoms with Gasteiger partial charge in [0.25, 0.3) is 10.0 Å². The lowest BCUT2D eigenvalue weighted by Crippen LogP contribution is -2.48. The fourth-order valence-corrected chi connectivity index (χ4v) is 5.45. The highest BCUT2D eigenvalue weighted by atomic mass is 32.2. The normalized spacial score (nSPS) is 20.2. The number of aliphatic hydroxyl groups excluding tert-OH is 1.